The summed E-state index contributed by atoms with van der Waals surface area (Å²) >= 11 is 0. The van der Waals surface area contributed by atoms with E-state index in [2.05, 4.69) is 5.32 Å². The standard InChI is InChI=1S/C12H14F3NO/c1-16-7-3-6-11(17)9-4-2-5-10(8-9)12(13,14)15/h2,4-5,8,16H,3,6-7H2,1H3. The van der Waals surface area contributed by atoms with Gasteiger partial charge in [-0.2, -0.15) is 13.2 Å². The van der Waals surface area contributed by atoms with Crippen LogP contribution in [0.3, 0.4) is 0 Å². The highest BCUT2D eigenvalue weighted by molar-refractivity contribution is 5.96. The Hall–Kier alpha value is -1.36. The molecule has 1 aromatic rings. The number of carbonyl (C=O) groups excluding carboxylic acids is 1. The third-order valence-corrected chi connectivity index (χ3v) is 2.34. The van der Waals surface area contributed by atoms with Crippen molar-refractivity contribution in [3.05, 3.63) is 35.4 Å². The van der Waals surface area contributed by atoms with E-state index in [0.717, 1.165) is 12.1 Å². The molecule has 1 rings (SSSR count). The Morgan fingerprint density at radius 3 is 2.65 bits per heavy atom. The van der Waals surface area contributed by atoms with Gasteiger partial charge in [0, 0.05) is 12.0 Å². The van der Waals surface area contributed by atoms with Gasteiger partial charge >= 0.3 is 6.18 Å². The molecule has 0 saturated heterocycles. The minimum Gasteiger partial charge on any atom is -0.320 e. The number of hydrogen-bond acceptors (Lipinski definition) is 2. The molecule has 0 atom stereocenters. The zero-order valence-corrected chi connectivity index (χ0v) is 9.47. The van der Waals surface area contributed by atoms with Crippen molar-refractivity contribution in [1.82, 2.24) is 5.32 Å². The molecule has 1 aromatic carbocycles. The highest BCUT2D eigenvalue weighted by atomic mass is 19.4. The average Bonchev–Trinajstić information content (AvgIpc) is 2.28. The number of ketones is 1. The Kier molecular flexibility index (Phi) is 4.69. The maximum Gasteiger partial charge on any atom is 0.416 e. The van der Waals surface area contributed by atoms with E-state index in [1.54, 1.807) is 7.05 Å². The van der Waals surface area contributed by atoms with Gasteiger partial charge in [0.25, 0.3) is 0 Å². The fraction of sp³-hybridized carbons (Fsp3) is 0.417. The van der Waals surface area contributed by atoms with Crippen LogP contribution >= 0.6 is 0 Å². The molecule has 0 fully saturated rings. The average molecular weight is 245 g/mol. The summed E-state index contributed by atoms with van der Waals surface area (Å²) in [5.41, 5.74) is -0.659. The van der Waals surface area contributed by atoms with Gasteiger partial charge in [-0.3, -0.25) is 4.79 Å². The molecule has 0 radical (unpaired) electrons. The van der Waals surface area contributed by atoms with E-state index in [4.69, 9.17) is 0 Å². The first kappa shape index (κ1) is 13.7. The largest absolute Gasteiger partial charge is 0.416 e. The van der Waals surface area contributed by atoms with Crippen LogP contribution in [0.25, 0.3) is 0 Å². The summed E-state index contributed by atoms with van der Waals surface area (Å²) in [5, 5.41) is 2.88. The lowest BCUT2D eigenvalue weighted by molar-refractivity contribution is -0.137. The van der Waals surface area contributed by atoms with Crippen LogP contribution in [0.2, 0.25) is 0 Å². The number of rotatable bonds is 5. The molecule has 0 aromatic heterocycles. The molecule has 0 aliphatic carbocycles. The molecular formula is C12H14F3NO. The second kappa shape index (κ2) is 5.82. The Balaban J connectivity index is 2.74. The summed E-state index contributed by atoms with van der Waals surface area (Å²) in [6.45, 7) is 0.671. The molecule has 0 bridgehead atoms. The highest BCUT2D eigenvalue weighted by Crippen LogP contribution is 2.29. The van der Waals surface area contributed by atoms with Gasteiger partial charge in [0.15, 0.2) is 5.78 Å². The first-order chi connectivity index (χ1) is 7.95. The van der Waals surface area contributed by atoms with Gasteiger partial charge in [-0.1, -0.05) is 12.1 Å². The molecule has 1 N–H and O–H groups in total. The summed E-state index contributed by atoms with van der Waals surface area (Å²) in [7, 11) is 1.76. The van der Waals surface area contributed by atoms with Crippen LogP contribution in [0.1, 0.15) is 28.8 Å². The van der Waals surface area contributed by atoms with Crippen LogP contribution in [0, 0.1) is 0 Å². The molecule has 0 aliphatic heterocycles. The summed E-state index contributed by atoms with van der Waals surface area (Å²) in [6.07, 6.45) is -3.53. The van der Waals surface area contributed by atoms with Crippen LogP contribution in [0.4, 0.5) is 13.2 Å². The lowest BCUT2D eigenvalue weighted by Gasteiger charge is -2.08. The molecule has 0 saturated carbocycles. The monoisotopic (exact) mass is 245 g/mol. The number of halogens is 3. The number of alkyl halides is 3. The molecule has 0 aliphatic rings. The van der Waals surface area contributed by atoms with Crippen molar-refractivity contribution in [2.24, 2.45) is 0 Å². The summed E-state index contributed by atoms with van der Waals surface area (Å²) < 4.78 is 37.2. The number of benzene rings is 1. The fourth-order valence-electron chi connectivity index (χ4n) is 1.44. The quantitative estimate of drug-likeness (QED) is 0.638. The van der Waals surface area contributed by atoms with Crippen molar-refractivity contribution in [2.45, 2.75) is 19.0 Å². The third kappa shape index (κ3) is 4.19. The third-order valence-electron chi connectivity index (χ3n) is 2.34. The van der Waals surface area contributed by atoms with Gasteiger partial charge in [-0.15, -0.1) is 0 Å². The summed E-state index contributed by atoms with van der Waals surface area (Å²) in [6, 6.07) is 4.54. The lowest BCUT2D eigenvalue weighted by Crippen LogP contribution is -2.11. The predicted octanol–water partition coefficient (Wildman–Crippen LogP) is 2.89. The van der Waals surface area contributed by atoms with Crippen molar-refractivity contribution >= 4 is 5.78 Å². The van der Waals surface area contributed by atoms with Crippen LogP contribution in [-0.2, 0) is 6.18 Å². The molecule has 94 valence electrons. The van der Waals surface area contributed by atoms with Gasteiger partial charge in [-0.05, 0) is 32.1 Å². The minimum atomic E-state index is -4.40. The molecular weight excluding hydrogens is 231 g/mol. The Morgan fingerprint density at radius 2 is 2.06 bits per heavy atom. The number of carbonyl (C=O) groups is 1. The Bertz CT molecular complexity index is 388. The van der Waals surface area contributed by atoms with E-state index in [0.29, 0.717) is 13.0 Å². The smallest absolute Gasteiger partial charge is 0.320 e. The minimum absolute atomic E-state index is 0.121. The van der Waals surface area contributed by atoms with Crippen molar-refractivity contribution < 1.29 is 18.0 Å². The number of Topliss-reactive ketones (excluding diaryl/α,β-unsaturated/α-hetero) is 1. The van der Waals surface area contributed by atoms with Gasteiger partial charge in [0.2, 0.25) is 0 Å². The summed E-state index contributed by atoms with van der Waals surface area (Å²) in [4.78, 5) is 11.6. The Labute approximate surface area is 97.8 Å². The van der Waals surface area contributed by atoms with Gasteiger partial charge in [-0.25, -0.2) is 0 Å². The molecule has 2 nitrogen and oxygen atoms in total. The lowest BCUT2D eigenvalue weighted by atomic mass is 10.0. The predicted molar refractivity (Wildman–Crippen MR) is 58.9 cm³/mol. The van der Waals surface area contributed by atoms with Crippen LogP contribution < -0.4 is 5.32 Å². The molecule has 5 heteroatoms. The van der Waals surface area contributed by atoms with Crippen molar-refractivity contribution in [2.75, 3.05) is 13.6 Å². The number of hydrogen-bond donors (Lipinski definition) is 1. The molecule has 0 spiro atoms. The van der Waals surface area contributed by atoms with E-state index >= 15 is 0 Å². The molecule has 0 unspecified atom stereocenters. The zero-order valence-electron chi connectivity index (χ0n) is 9.47. The van der Waals surface area contributed by atoms with E-state index in [9.17, 15) is 18.0 Å². The van der Waals surface area contributed by atoms with Gasteiger partial charge in [0.05, 0.1) is 5.56 Å². The molecule has 17 heavy (non-hydrogen) atoms. The van der Waals surface area contributed by atoms with Crippen molar-refractivity contribution in [3.8, 4) is 0 Å². The maximum absolute atomic E-state index is 12.4. The fourth-order valence-corrected chi connectivity index (χ4v) is 1.44. The van der Waals surface area contributed by atoms with E-state index < -0.39 is 11.7 Å². The van der Waals surface area contributed by atoms with Gasteiger partial charge < -0.3 is 5.32 Å². The zero-order chi connectivity index (χ0) is 12.9. The van der Waals surface area contributed by atoms with Gasteiger partial charge in [0.1, 0.15) is 0 Å². The second-order valence-corrected chi connectivity index (χ2v) is 3.71. The van der Waals surface area contributed by atoms with E-state index in [1.165, 1.54) is 12.1 Å². The van der Waals surface area contributed by atoms with Crippen LogP contribution in [0.15, 0.2) is 24.3 Å². The summed E-state index contributed by atoms with van der Waals surface area (Å²) in [5.74, 6) is -0.258. The van der Waals surface area contributed by atoms with Crippen LogP contribution in [-0.4, -0.2) is 19.4 Å². The SMILES string of the molecule is CNCCCC(=O)c1cccc(C(F)(F)F)c1. The maximum atomic E-state index is 12.4. The van der Waals surface area contributed by atoms with Crippen molar-refractivity contribution in [1.29, 1.82) is 0 Å². The van der Waals surface area contributed by atoms with Crippen molar-refractivity contribution in [3.63, 3.8) is 0 Å². The van der Waals surface area contributed by atoms with Crippen LogP contribution in [0.5, 0.6) is 0 Å². The number of nitrogens with one attached hydrogen (secondary N) is 1. The first-order valence-electron chi connectivity index (χ1n) is 5.30. The Morgan fingerprint density at radius 1 is 1.35 bits per heavy atom. The molecule has 0 amide bonds. The molecule has 0 heterocycles. The first-order valence-corrected chi connectivity index (χ1v) is 5.30. The topological polar surface area (TPSA) is 29.1 Å². The van der Waals surface area contributed by atoms with E-state index in [1.807, 2.05) is 0 Å². The van der Waals surface area contributed by atoms with E-state index in [-0.39, 0.29) is 17.8 Å². The highest BCUT2D eigenvalue weighted by Gasteiger charge is 2.30. The second-order valence-electron chi connectivity index (χ2n) is 3.71. The normalized spacial score (nSPS) is 11.5.